The molecule has 0 aliphatic carbocycles. The van der Waals surface area contributed by atoms with Crippen LogP contribution in [0.5, 0.6) is 5.75 Å². The lowest BCUT2D eigenvalue weighted by molar-refractivity contribution is -0.145. The molecule has 1 aromatic carbocycles. The van der Waals surface area contributed by atoms with E-state index in [1.807, 2.05) is 0 Å². The number of hydrogen-bond donors (Lipinski definition) is 1. The van der Waals surface area contributed by atoms with Gasteiger partial charge in [-0.3, -0.25) is 10.1 Å². The fourth-order valence-corrected chi connectivity index (χ4v) is 1.97. The zero-order valence-electron chi connectivity index (χ0n) is 11.2. The summed E-state index contributed by atoms with van der Waals surface area (Å²) in [5, 5.41) is 2.90. The van der Waals surface area contributed by atoms with Crippen LogP contribution in [-0.2, 0) is 9.53 Å². The van der Waals surface area contributed by atoms with E-state index in [0.717, 1.165) is 0 Å². The van der Waals surface area contributed by atoms with Gasteiger partial charge in [0, 0.05) is 5.56 Å². The van der Waals surface area contributed by atoms with Gasteiger partial charge in [0.05, 0.1) is 13.7 Å². The van der Waals surface area contributed by atoms with Crippen molar-refractivity contribution in [1.29, 1.82) is 0 Å². The Kier molecular flexibility index (Phi) is 3.57. The maximum absolute atomic E-state index is 12.2. The summed E-state index contributed by atoms with van der Waals surface area (Å²) >= 11 is 0. The van der Waals surface area contributed by atoms with Gasteiger partial charge in [0.15, 0.2) is 5.78 Å². The third-order valence-electron chi connectivity index (χ3n) is 3.27. The van der Waals surface area contributed by atoms with Gasteiger partial charge in [0.1, 0.15) is 17.3 Å². The fourth-order valence-electron chi connectivity index (χ4n) is 1.97. The molecular weight excluding hydrogens is 246 g/mol. The molecule has 0 radical (unpaired) electrons. The van der Waals surface area contributed by atoms with E-state index in [2.05, 4.69) is 5.32 Å². The second-order valence-corrected chi connectivity index (χ2v) is 4.59. The van der Waals surface area contributed by atoms with Crippen LogP contribution in [0.25, 0.3) is 0 Å². The first-order valence-electron chi connectivity index (χ1n) is 6.16. The minimum Gasteiger partial charge on any atom is -0.497 e. The van der Waals surface area contributed by atoms with Gasteiger partial charge in [-0.25, -0.2) is 4.79 Å². The average Bonchev–Trinajstić information content (AvgIpc) is 3.12. The first-order valence-corrected chi connectivity index (χ1v) is 6.16. The Morgan fingerprint density at radius 2 is 1.95 bits per heavy atom. The molecule has 1 aliphatic rings. The van der Waals surface area contributed by atoms with Crippen LogP contribution in [-0.4, -0.2) is 37.0 Å². The number of rotatable bonds is 5. The molecule has 0 spiro atoms. The summed E-state index contributed by atoms with van der Waals surface area (Å²) in [6, 6.07) is 6.30. The van der Waals surface area contributed by atoms with E-state index < -0.39 is 11.6 Å². The zero-order valence-corrected chi connectivity index (χ0v) is 11.2. The Bertz CT molecular complexity index is 497. The number of carbonyl (C=O) groups excluding carboxylic acids is 2. The molecule has 0 aromatic heterocycles. The largest absolute Gasteiger partial charge is 0.497 e. The summed E-state index contributed by atoms with van der Waals surface area (Å²) in [7, 11) is 1.57. The first-order chi connectivity index (χ1) is 9.02. The molecule has 19 heavy (non-hydrogen) atoms. The number of hydrogen-bond acceptors (Lipinski definition) is 5. The van der Waals surface area contributed by atoms with E-state index in [1.165, 1.54) is 0 Å². The molecule has 102 valence electrons. The average molecular weight is 263 g/mol. The molecular formula is C14H17NO4. The highest BCUT2D eigenvalue weighted by molar-refractivity contribution is 6.08. The Labute approximate surface area is 111 Å². The second-order valence-electron chi connectivity index (χ2n) is 4.59. The van der Waals surface area contributed by atoms with Crippen LogP contribution >= 0.6 is 0 Å². The number of benzene rings is 1. The van der Waals surface area contributed by atoms with Gasteiger partial charge in [0.2, 0.25) is 0 Å². The predicted molar refractivity (Wildman–Crippen MR) is 69.3 cm³/mol. The van der Waals surface area contributed by atoms with Crippen molar-refractivity contribution in [3.8, 4) is 5.75 Å². The number of carbonyl (C=O) groups is 2. The molecule has 1 N–H and O–H groups in total. The highest BCUT2D eigenvalue weighted by Gasteiger charge is 2.60. The van der Waals surface area contributed by atoms with Crippen LogP contribution in [0.3, 0.4) is 0 Å². The maximum Gasteiger partial charge on any atom is 0.328 e. The van der Waals surface area contributed by atoms with Crippen molar-refractivity contribution < 1.29 is 19.1 Å². The van der Waals surface area contributed by atoms with Crippen molar-refractivity contribution >= 4 is 11.8 Å². The van der Waals surface area contributed by atoms with E-state index >= 15 is 0 Å². The minimum absolute atomic E-state index is 0.113. The number of esters is 1. The molecule has 5 nitrogen and oxygen atoms in total. The lowest BCUT2D eigenvalue weighted by atomic mass is 10.00. The monoisotopic (exact) mass is 263 g/mol. The third-order valence-corrected chi connectivity index (χ3v) is 3.27. The highest BCUT2D eigenvalue weighted by atomic mass is 16.5. The summed E-state index contributed by atoms with van der Waals surface area (Å²) in [5.74, 6) is 0.188. The molecule has 0 amide bonds. The van der Waals surface area contributed by atoms with Gasteiger partial charge >= 0.3 is 5.97 Å². The zero-order chi connectivity index (χ0) is 14.0. The third kappa shape index (κ3) is 2.46. The van der Waals surface area contributed by atoms with E-state index in [4.69, 9.17) is 9.47 Å². The number of methoxy groups -OCH3 is 1. The smallest absolute Gasteiger partial charge is 0.328 e. The number of nitrogens with one attached hydrogen (secondary N) is 1. The molecule has 5 heteroatoms. The van der Waals surface area contributed by atoms with Gasteiger partial charge in [-0.15, -0.1) is 0 Å². The van der Waals surface area contributed by atoms with E-state index in [1.54, 1.807) is 45.2 Å². The molecule has 1 fully saturated rings. The maximum atomic E-state index is 12.2. The summed E-state index contributed by atoms with van der Waals surface area (Å²) in [6.07, 6.45) is 0. The molecule has 2 rings (SSSR count). The summed E-state index contributed by atoms with van der Waals surface area (Å²) in [4.78, 5) is 23.9. The van der Waals surface area contributed by atoms with Crippen molar-refractivity contribution in [2.45, 2.75) is 25.4 Å². The molecule has 1 aromatic rings. The lowest BCUT2D eigenvalue weighted by Gasteiger charge is -2.07. The topological polar surface area (TPSA) is 74.5 Å². The lowest BCUT2D eigenvalue weighted by Crippen LogP contribution is -2.30. The van der Waals surface area contributed by atoms with Crippen molar-refractivity contribution in [3.63, 3.8) is 0 Å². The van der Waals surface area contributed by atoms with Gasteiger partial charge in [-0.1, -0.05) is 0 Å². The number of ketones is 1. The summed E-state index contributed by atoms with van der Waals surface area (Å²) in [6.45, 7) is 3.72. The number of ether oxygens (including phenoxy) is 2. The summed E-state index contributed by atoms with van der Waals surface area (Å²) < 4.78 is 9.98. The van der Waals surface area contributed by atoms with E-state index in [-0.39, 0.29) is 11.8 Å². The standard InChI is InChI=1S/C14H17NO4/c1-4-19-13(17)14(2)12(15-14)11(16)9-5-7-10(18-3)8-6-9/h5-8,12,15H,4H2,1-3H3. The van der Waals surface area contributed by atoms with Gasteiger partial charge in [-0.2, -0.15) is 0 Å². The van der Waals surface area contributed by atoms with Crippen LogP contribution < -0.4 is 10.1 Å². The van der Waals surface area contributed by atoms with Gasteiger partial charge in [0.25, 0.3) is 0 Å². The molecule has 0 saturated carbocycles. The quantitative estimate of drug-likeness (QED) is 0.490. The highest BCUT2D eigenvalue weighted by Crippen LogP contribution is 2.30. The second kappa shape index (κ2) is 5.01. The molecule has 2 unspecified atom stereocenters. The van der Waals surface area contributed by atoms with Crippen LogP contribution in [0, 0.1) is 0 Å². The van der Waals surface area contributed by atoms with Crippen LogP contribution in [0.4, 0.5) is 0 Å². The number of Topliss-reactive ketones (excluding diaryl/α,β-unsaturated/α-hetero) is 1. The minimum atomic E-state index is -0.896. The van der Waals surface area contributed by atoms with Crippen LogP contribution in [0.15, 0.2) is 24.3 Å². The molecule has 1 heterocycles. The van der Waals surface area contributed by atoms with E-state index in [0.29, 0.717) is 17.9 Å². The predicted octanol–water partition coefficient (Wildman–Crippen LogP) is 1.17. The molecule has 1 saturated heterocycles. The Morgan fingerprint density at radius 1 is 1.32 bits per heavy atom. The van der Waals surface area contributed by atoms with Gasteiger partial charge < -0.3 is 9.47 Å². The Morgan fingerprint density at radius 3 is 2.47 bits per heavy atom. The first kappa shape index (κ1) is 13.5. The van der Waals surface area contributed by atoms with Crippen LogP contribution in [0.1, 0.15) is 24.2 Å². The molecule has 2 atom stereocenters. The van der Waals surface area contributed by atoms with Crippen LogP contribution in [0.2, 0.25) is 0 Å². The Hall–Kier alpha value is -1.88. The molecule has 0 bridgehead atoms. The SMILES string of the molecule is CCOC(=O)C1(C)NC1C(=O)c1ccc(OC)cc1. The van der Waals surface area contributed by atoms with Crippen molar-refractivity contribution in [1.82, 2.24) is 5.32 Å². The van der Waals surface area contributed by atoms with Gasteiger partial charge in [-0.05, 0) is 38.1 Å². The van der Waals surface area contributed by atoms with Crippen molar-refractivity contribution in [2.75, 3.05) is 13.7 Å². The van der Waals surface area contributed by atoms with E-state index in [9.17, 15) is 9.59 Å². The Balaban J connectivity index is 2.07. The van der Waals surface area contributed by atoms with Crippen molar-refractivity contribution in [3.05, 3.63) is 29.8 Å². The normalized spacial score (nSPS) is 24.7. The van der Waals surface area contributed by atoms with Crippen molar-refractivity contribution in [2.24, 2.45) is 0 Å². The summed E-state index contributed by atoms with van der Waals surface area (Å²) in [5.41, 5.74) is -0.348. The molecule has 1 aliphatic heterocycles. The fraction of sp³-hybridized carbons (Fsp3) is 0.429.